The molecule has 84 valence electrons. The van der Waals surface area contributed by atoms with Gasteiger partial charge in [0.25, 0.3) is 0 Å². The third-order valence-corrected chi connectivity index (χ3v) is 2.58. The smallest absolute Gasteiger partial charge is 0.228 e. The average molecular weight is 221 g/mol. The SMILES string of the molecule is NC(=O)C1CC(=O)N(c2cc(=O)cc[nH]2)C1. The quantitative estimate of drug-likeness (QED) is 0.685. The van der Waals surface area contributed by atoms with Gasteiger partial charge in [0, 0.05) is 31.3 Å². The predicted molar refractivity (Wildman–Crippen MR) is 56.7 cm³/mol. The van der Waals surface area contributed by atoms with Crippen molar-refractivity contribution in [2.24, 2.45) is 11.7 Å². The van der Waals surface area contributed by atoms with Crippen LogP contribution in [0.4, 0.5) is 5.82 Å². The minimum atomic E-state index is -0.492. The Balaban J connectivity index is 2.26. The van der Waals surface area contributed by atoms with Gasteiger partial charge in [-0.25, -0.2) is 0 Å². The molecule has 0 saturated carbocycles. The van der Waals surface area contributed by atoms with E-state index in [1.807, 2.05) is 0 Å². The highest BCUT2D eigenvalue weighted by Gasteiger charge is 2.34. The van der Waals surface area contributed by atoms with Crippen molar-refractivity contribution in [1.29, 1.82) is 0 Å². The lowest BCUT2D eigenvalue weighted by Crippen LogP contribution is -2.29. The molecule has 0 aromatic carbocycles. The van der Waals surface area contributed by atoms with Crippen molar-refractivity contribution in [1.82, 2.24) is 4.98 Å². The maximum Gasteiger partial charge on any atom is 0.228 e. The Morgan fingerprint density at radius 1 is 1.50 bits per heavy atom. The Morgan fingerprint density at radius 3 is 2.81 bits per heavy atom. The normalized spacial score (nSPS) is 20.1. The molecular formula is C10H11N3O3. The lowest BCUT2D eigenvalue weighted by molar-refractivity contribution is -0.123. The summed E-state index contributed by atoms with van der Waals surface area (Å²) in [4.78, 5) is 37.8. The fraction of sp³-hybridized carbons (Fsp3) is 0.300. The van der Waals surface area contributed by atoms with E-state index in [0.717, 1.165) is 0 Å². The minimum Gasteiger partial charge on any atom is -0.369 e. The van der Waals surface area contributed by atoms with Crippen molar-refractivity contribution in [3.8, 4) is 0 Å². The molecule has 1 aliphatic heterocycles. The molecule has 6 nitrogen and oxygen atoms in total. The van der Waals surface area contributed by atoms with E-state index >= 15 is 0 Å². The summed E-state index contributed by atoms with van der Waals surface area (Å²) in [7, 11) is 0. The maximum absolute atomic E-state index is 11.6. The van der Waals surface area contributed by atoms with Crippen LogP contribution in [0, 0.1) is 5.92 Å². The van der Waals surface area contributed by atoms with E-state index in [-0.39, 0.29) is 24.3 Å². The molecule has 2 heterocycles. The number of aromatic amines is 1. The zero-order valence-electron chi connectivity index (χ0n) is 8.47. The molecule has 1 aromatic rings. The molecule has 6 heteroatoms. The van der Waals surface area contributed by atoms with Crippen molar-refractivity contribution >= 4 is 17.6 Å². The largest absolute Gasteiger partial charge is 0.369 e. The van der Waals surface area contributed by atoms with E-state index in [1.54, 1.807) is 0 Å². The van der Waals surface area contributed by atoms with Crippen LogP contribution in [0.15, 0.2) is 23.1 Å². The number of nitrogens with two attached hydrogens (primary N) is 1. The van der Waals surface area contributed by atoms with Gasteiger partial charge in [0.05, 0.1) is 5.92 Å². The Kier molecular flexibility index (Phi) is 2.47. The first-order valence-electron chi connectivity index (χ1n) is 4.86. The maximum atomic E-state index is 11.6. The van der Waals surface area contributed by atoms with Crippen molar-refractivity contribution in [2.75, 3.05) is 11.4 Å². The molecule has 3 N–H and O–H groups in total. The summed E-state index contributed by atoms with van der Waals surface area (Å²) >= 11 is 0. The Hall–Kier alpha value is -2.11. The molecule has 1 aromatic heterocycles. The molecule has 1 fully saturated rings. The second-order valence-electron chi connectivity index (χ2n) is 3.72. The molecule has 0 aliphatic carbocycles. The molecule has 0 radical (unpaired) electrons. The third-order valence-electron chi connectivity index (χ3n) is 2.58. The van der Waals surface area contributed by atoms with Gasteiger partial charge in [0.2, 0.25) is 11.8 Å². The topological polar surface area (TPSA) is 96.3 Å². The van der Waals surface area contributed by atoms with Gasteiger partial charge in [-0.3, -0.25) is 19.3 Å². The van der Waals surface area contributed by atoms with Crippen LogP contribution in [0.3, 0.4) is 0 Å². The van der Waals surface area contributed by atoms with Gasteiger partial charge in [0.15, 0.2) is 5.43 Å². The van der Waals surface area contributed by atoms with Crippen LogP contribution < -0.4 is 16.1 Å². The zero-order chi connectivity index (χ0) is 11.7. The van der Waals surface area contributed by atoms with E-state index in [9.17, 15) is 14.4 Å². The summed E-state index contributed by atoms with van der Waals surface area (Å²) in [6, 6.07) is 2.68. The number of anilines is 1. The molecule has 2 amide bonds. The number of amides is 2. The highest BCUT2D eigenvalue weighted by Crippen LogP contribution is 2.21. The highest BCUT2D eigenvalue weighted by molar-refractivity contribution is 5.99. The second-order valence-corrected chi connectivity index (χ2v) is 3.72. The first-order chi connectivity index (χ1) is 7.58. The summed E-state index contributed by atoms with van der Waals surface area (Å²) in [6.45, 7) is 0.230. The molecule has 2 rings (SSSR count). The van der Waals surface area contributed by atoms with Crippen molar-refractivity contribution in [2.45, 2.75) is 6.42 Å². The van der Waals surface area contributed by atoms with Crippen LogP contribution in [0.25, 0.3) is 0 Å². The van der Waals surface area contributed by atoms with Gasteiger partial charge in [-0.05, 0) is 0 Å². The summed E-state index contributed by atoms with van der Waals surface area (Å²) in [5.74, 6) is -0.766. The zero-order valence-corrected chi connectivity index (χ0v) is 8.47. The number of nitrogens with one attached hydrogen (secondary N) is 1. The summed E-state index contributed by atoms with van der Waals surface area (Å²) in [5, 5.41) is 0. The van der Waals surface area contributed by atoms with E-state index in [2.05, 4.69) is 4.98 Å². The van der Waals surface area contributed by atoms with Crippen molar-refractivity contribution in [3.63, 3.8) is 0 Å². The van der Waals surface area contributed by atoms with Crippen LogP contribution in [-0.4, -0.2) is 23.3 Å². The number of carbonyl (C=O) groups is 2. The van der Waals surface area contributed by atoms with Gasteiger partial charge in [-0.1, -0.05) is 0 Å². The number of nitrogens with zero attached hydrogens (tertiary/aromatic N) is 1. The highest BCUT2D eigenvalue weighted by atomic mass is 16.2. The average Bonchev–Trinajstić information content (AvgIpc) is 2.60. The molecule has 16 heavy (non-hydrogen) atoms. The number of carbonyl (C=O) groups excluding carboxylic acids is 2. The predicted octanol–water partition coefficient (Wildman–Crippen LogP) is -0.787. The lowest BCUT2D eigenvalue weighted by Gasteiger charge is -2.15. The lowest BCUT2D eigenvalue weighted by atomic mass is 10.1. The number of hydrogen-bond acceptors (Lipinski definition) is 3. The minimum absolute atomic E-state index is 0.103. The van der Waals surface area contributed by atoms with Gasteiger partial charge in [-0.2, -0.15) is 0 Å². The van der Waals surface area contributed by atoms with E-state index < -0.39 is 11.8 Å². The third kappa shape index (κ3) is 1.81. The molecule has 1 unspecified atom stereocenters. The number of pyridine rings is 1. The van der Waals surface area contributed by atoms with E-state index in [4.69, 9.17) is 5.73 Å². The van der Waals surface area contributed by atoms with Crippen LogP contribution in [0.5, 0.6) is 0 Å². The number of rotatable bonds is 2. The Labute approximate surface area is 91.1 Å². The number of H-pyrrole nitrogens is 1. The summed E-state index contributed by atoms with van der Waals surface area (Å²) < 4.78 is 0. The number of hydrogen-bond donors (Lipinski definition) is 2. The van der Waals surface area contributed by atoms with Crippen LogP contribution in [0.1, 0.15) is 6.42 Å². The van der Waals surface area contributed by atoms with E-state index in [1.165, 1.54) is 23.2 Å². The molecule has 1 saturated heterocycles. The van der Waals surface area contributed by atoms with Crippen LogP contribution in [0.2, 0.25) is 0 Å². The second kappa shape index (κ2) is 3.80. The molecule has 1 aliphatic rings. The monoisotopic (exact) mass is 221 g/mol. The Morgan fingerprint density at radius 2 is 2.25 bits per heavy atom. The fourth-order valence-electron chi connectivity index (χ4n) is 1.72. The summed E-state index contributed by atoms with van der Waals surface area (Å²) in [5.41, 5.74) is 4.95. The van der Waals surface area contributed by atoms with Gasteiger partial charge < -0.3 is 10.7 Å². The number of primary amides is 1. The molecular weight excluding hydrogens is 210 g/mol. The van der Waals surface area contributed by atoms with Crippen molar-refractivity contribution in [3.05, 3.63) is 28.6 Å². The number of aromatic nitrogens is 1. The molecule has 0 spiro atoms. The Bertz CT molecular complexity index is 494. The first kappa shape index (κ1) is 10.4. The summed E-state index contributed by atoms with van der Waals surface area (Å²) in [6.07, 6.45) is 1.56. The van der Waals surface area contributed by atoms with Crippen LogP contribution in [-0.2, 0) is 9.59 Å². The van der Waals surface area contributed by atoms with Gasteiger partial charge in [-0.15, -0.1) is 0 Å². The fourth-order valence-corrected chi connectivity index (χ4v) is 1.72. The van der Waals surface area contributed by atoms with Gasteiger partial charge >= 0.3 is 0 Å². The molecule has 0 bridgehead atoms. The standard InChI is InChI=1S/C10H11N3O3/c11-10(16)6-3-9(15)13(5-6)8-4-7(14)1-2-12-8/h1-2,4,6H,3,5H2,(H2,11,16)(H,12,14). The first-order valence-corrected chi connectivity index (χ1v) is 4.86. The van der Waals surface area contributed by atoms with Crippen LogP contribution >= 0.6 is 0 Å². The molecule has 1 atom stereocenters. The van der Waals surface area contributed by atoms with Crippen molar-refractivity contribution < 1.29 is 9.59 Å². The van der Waals surface area contributed by atoms with Gasteiger partial charge in [0.1, 0.15) is 5.82 Å². The van der Waals surface area contributed by atoms with E-state index in [0.29, 0.717) is 5.82 Å².